The molecule has 2 aromatic rings. The molecule has 18 heavy (non-hydrogen) atoms. The van der Waals surface area contributed by atoms with Gasteiger partial charge in [0.15, 0.2) is 11.5 Å². The van der Waals surface area contributed by atoms with Crippen LogP contribution in [0.3, 0.4) is 0 Å². The highest BCUT2D eigenvalue weighted by Crippen LogP contribution is 2.29. The first-order chi connectivity index (χ1) is 8.83. The summed E-state index contributed by atoms with van der Waals surface area (Å²) in [4.78, 5) is 4.19. The predicted molar refractivity (Wildman–Crippen MR) is 72.2 cm³/mol. The van der Waals surface area contributed by atoms with Crippen LogP contribution in [0, 0.1) is 0 Å². The molecule has 4 nitrogen and oxygen atoms in total. The maximum Gasteiger partial charge on any atom is 0.162 e. The van der Waals surface area contributed by atoms with E-state index in [1.807, 2.05) is 30.6 Å². The average molecular weight is 264 g/mol. The van der Waals surface area contributed by atoms with Crippen molar-refractivity contribution in [1.82, 2.24) is 10.3 Å². The number of thiazole rings is 1. The second-order valence-electron chi connectivity index (χ2n) is 3.73. The highest BCUT2D eigenvalue weighted by molar-refractivity contribution is 7.09. The Kier molecular flexibility index (Phi) is 4.55. The lowest BCUT2D eigenvalue weighted by Crippen LogP contribution is -2.05. The Morgan fingerprint density at radius 2 is 2.22 bits per heavy atom. The molecule has 1 aromatic carbocycles. The molecule has 0 saturated carbocycles. The summed E-state index contributed by atoms with van der Waals surface area (Å²) in [5.41, 5.74) is 1.16. The van der Waals surface area contributed by atoms with Crippen LogP contribution < -0.4 is 14.8 Å². The zero-order chi connectivity index (χ0) is 12.8. The van der Waals surface area contributed by atoms with E-state index < -0.39 is 0 Å². The first kappa shape index (κ1) is 12.9. The van der Waals surface area contributed by atoms with E-state index in [-0.39, 0.29) is 0 Å². The van der Waals surface area contributed by atoms with Crippen LogP contribution >= 0.6 is 11.3 Å². The summed E-state index contributed by atoms with van der Waals surface area (Å²) in [6.45, 7) is 1.27. The lowest BCUT2D eigenvalue weighted by molar-refractivity contribution is 0.283. The van der Waals surface area contributed by atoms with Crippen LogP contribution in [0.25, 0.3) is 0 Å². The third-order valence-corrected chi connectivity index (χ3v) is 3.20. The van der Waals surface area contributed by atoms with Gasteiger partial charge in [-0.3, -0.25) is 0 Å². The summed E-state index contributed by atoms with van der Waals surface area (Å²) in [5, 5.41) is 6.00. The van der Waals surface area contributed by atoms with Gasteiger partial charge in [0, 0.05) is 18.1 Å². The summed E-state index contributed by atoms with van der Waals surface area (Å²) in [6, 6.07) is 5.93. The number of aromatic nitrogens is 1. The van der Waals surface area contributed by atoms with Crippen LogP contribution in [-0.4, -0.2) is 19.1 Å². The fourth-order valence-corrected chi connectivity index (χ4v) is 2.14. The molecule has 96 valence electrons. The van der Waals surface area contributed by atoms with Gasteiger partial charge in [-0.2, -0.15) is 0 Å². The molecule has 0 atom stereocenters. The lowest BCUT2D eigenvalue weighted by atomic mass is 10.2. The molecular formula is C13H16N2O2S. The Morgan fingerprint density at radius 3 is 2.89 bits per heavy atom. The second-order valence-corrected chi connectivity index (χ2v) is 4.71. The molecule has 0 fully saturated rings. The van der Waals surface area contributed by atoms with Gasteiger partial charge >= 0.3 is 0 Å². The Bertz CT molecular complexity index is 486. The summed E-state index contributed by atoms with van der Waals surface area (Å²) < 4.78 is 11.0. The molecule has 1 heterocycles. The zero-order valence-electron chi connectivity index (χ0n) is 10.5. The highest BCUT2D eigenvalue weighted by Gasteiger charge is 2.06. The third kappa shape index (κ3) is 3.21. The Morgan fingerprint density at radius 1 is 1.33 bits per heavy atom. The number of methoxy groups -OCH3 is 1. The topological polar surface area (TPSA) is 43.4 Å². The van der Waals surface area contributed by atoms with E-state index in [1.165, 1.54) is 0 Å². The van der Waals surface area contributed by atoms with E-state index in [9.17, 15) is 0 Å². The number of hydrogen-bond donors (Lipinski definition) is 1. The van der Waals surface area contributed by atoms with Crippen molar-refractivity contribution >= 4 is 11.3 Å². The lowest BCUT2D eigenvalue weighted by Gasteiger charge is -2.11. The molecule has 1 N–H and O–H groups in total. The molecule has 0 radical (unpaired) electrons. The first-order valence-electron chi connectivity index (χ1n) is 5.66. The number of benzene rings is 1. The van der Waals surface area contributed by atoms with Crippen LogP contribution in [0.2, 0.25) is 0 Å². The van der Waals surface area contributed by atoms with E-state index in [0.29, 0.717) is 6.61 Å². The quantitative estimate of drug-likeness (QED) is 0.870. The molecule has 0 aliphatic carbocycles. The van der Waals surface area contributed by atoms with Crippen LogP contribution in [-0.2, 0) is 13.2 Å². The Balaban J connectivity index is 2.10. The summed E-state index contributed by atoms with van der Waals surface area (Å²) >= 11 is 1.58. The second kappa shape index (κ2) is 6.37. The van der Waals surface area contributed by atoms with E-state index in [1.54, 1.807) is 24.6 Å². The molecule has 0 aliphatic heterocycles. The van der Waals surface area contributed by atoms with Crippen molar-refractivity contribution in [3.63, 3.8) is 0 Å². The maximum atomic E-state index is 5.75. The van der Waals surface area contributed by atoms with Crippen LogP contribution in [0.4, 0.5) is 0 Å². The molecule has 0 unspecified atom stereocenters. The molecule has 5 heteroatoms. The minimum Gasteiger partial charge on any atom is -0.493 e. The van der Waals surface area contributed by atoms with Gasteiger partial charge in [0.1, 0.15) is 11.6 Å². The van der Waals surface area contributed by atoms with Gasteiger partial charge in [-0.25, -0.2) is 4.98 Å². The minimum atomic E-state index is 0.469. The van der Waals surface area contributed by atoms with Crippen molar-refractivity contribution in [3.05, 3.63) is 40.3 Å². The summed E-state index contributed by atoms with van der Waals surface area (Å²) in [5.74, 6) is 1.49. The molecule has 2 rings (SSSR count). The normalized spacial score (nSPS) is 10.3. The summed E-state index contributed by atoms with van der Waals surface area (Å²) in [7, 11) is 3.56. The average Bonchev–Trinajstić information content (AvgIpc) is 2.90. The minimum absolute atomic E-state index is 0.469. The molecule has 0 amide bonds. The fourth-order valence-electron chi connectivity index (χ4n) is 1.61. The van der Waals surface area contributed by atoms with E-state index in [4.69, 9.17) is 9.47 Å². The van der Waals surface area contributed by atoms with Crippen molar-refractivity contribution in [2.75, 3.05) is 14.2 Å². The van der Waals surface area contributed by atoms with E-state index >= 15 is 0 Å². The maximum absolute atomic E-state index is 5.75. The van der Waals surface area contributed by atoms with E-state index in [0.717, 1.165) is 28.6 Å². The first-order valence-corrected chi connectivity index (χ1v) is 6.54. The molecule has 1 aromatic heterocycles. The molecule has 0 saturated heterocycles. The van der Waals surface area contributed by atoms with Gasteiger partial charge in [0.2, 0.25) is 0 Å². The van der Waals surface area contributed by atoms with Gasteiger partial charge in [-0.05, 0) is 24.7 Å². The summed E-state index contributed by atoms with van der Waals surface area (Å²) in [6.07, 6.45) is 1.78. The number of hydrogen-bond acceptors (Lipinski definition) is 5. The van der Waals surface area contributed by atoms with Gasteiger partial charge in [0.05, 0.1) is 7.11 Å². The molecule has 0 aliphatic rings. The van der Waals surface area contributed by atoms with Gasteiger partial charge in [0.25, 0.3) is 0 Å². The monoisotopic (exact) mass is 264 g/mol. The number of ether oxygens (including phenoxy) is 2. The van der Waals surface area contributed by atoms with Crippen molar-refractivity contribution in [1.29, 1.82) is 0 Å². The predicted octanol–water partition coefficient (Wildman–Crippen LogP) is 2.45. The highest BCUT2D eigenvalue weighted by atomic mass is 32.1. The third-order valence-electron chi connectivity index (χ3n) is 2.44. The van der Waals surface area contributed by atoms with Crippen LogP contribution in [0.1, 0.15) is 10.6 Å². The van der Waals surface area contributed by atoms with Gasteiger partial charge in [-0.15, -0.1) is 11.3 Å². The van der Waals surface area contributed by atoms with Crippen molar-refractivity contribution in [2.24, 2.45) is 0 Å². The van der Waals surface area contributed by atoms with Crippen molar-refractivity contribution in [3.8, 4) is 11.5 Å². The standard InChI is InChI=1S/C13H16N2O2S/c1-14-8-10-3-4-11(16-2)12(7-10)17-9-13-15-5-6-18-13/h3-7,14H,8-9H2,1-2H3. The molecular weight excluding hydrogens is 248 g/mol. The number of nitrogens with one attached hydrogen (secondary N) is 1. The Labute approximate surface area is 111 Å². The molecule has 0 spiro atoms. The van der Waals surface area contributed by atoms with Gasteiger partial charge < -0.3 is 14.8 Å². The number of rotatable bonds is 6. The van der Waals surface area contributed by atoms with E-state index in [2.05, 4.69) is 10.3 Å². The zero-order valence-corrected chi connectivity index (χ0v) is 11.3. The van der Waals surface area contributed by atoms with Crippen LogP contribution in [0.15, 0.2) is 29.8 Å². The SMILES string of the molecule is CNCc1ccc(OC)c(OCc2nccs2)c1. The van der Waals surface area contributed by atoms with Crippen molar-refractivity contribution < 1.29 is 9.47 Å². The van der Waals surface area contributed by atoms with Crippen LogP contribution in [0.5, 0.6) is 11.5 Å². The Hall–Kier alpha value is -1.59. The smallest absolute Gasteiger partial charge is 0.162 e. The largest absolute Gasteiger partial charge is 0.493 e. The number of nitrogens with zero attached hydrogens (tertiary/aromatic N) is 1. The van der Waals surface area contributed by atoms with Crippen molar-refractivity contribution in [2.45, 2.75) is 13.2 Å². The fraction of sp³-hybridized carbons (Fsp3) is 0.308. The van der Waals surface area contributed by atoms with Gasteiger partial charge in [-0.1, -0.05) is 6.07 Å². The molecule has 0 bridgehead atoms.